The van der Waals surface area contributed by atoms with Crippen LogP contribution in [0.15, 0.2) is 16.9 Å². The van der Waals surface area contributed by atoms with Crippen molar-refractivity contribution in [2.75, 3.05) is 13.1 Å². The average molecular weight is 251 g/mol. The molecule has 2 heterocycles. The zero-order valence-electron chi connectivity index (χ0n) is 11.7. The molecule has 1 aromatic heterocycles. The summed E-state index contributed by atoms with van der Waals surface area (Å²) < 4.78 is 4.93. The molecule has 0 aromatic carbocycles. The Morgan fingerprint density at radius 2 is 2.39 bits per heavy atom. The van der Waals surface area contributed by atoms with Crippen LogP contribution < -0.4 is 5.32 Å². The third kappa shape index (κ3) is 3.33. The molecular weight excluding hydrogens is 226 g/mol. The molecule has 1 aliphatic heterocycles. The highest BCUT2D eigenvalue weighted by Crippen LogP contribution is 2.19. The fourth-order valence-corrected chi connectivity index (χ4v) is 2.81. The largest absolute Gasteiger partial charge is 0.364 e. The first-order chi connectivity index (χ1) is 8.70. The number of aromatic nitrogens is 1. The lowest BCUT2D eigenvalue weighted by atomic mass is 9.97. The Balaban J connectivity index is 2.00. The van der Waals surface area contributed by atoms with Gasteiger partial charge in [0, 0.05) is 37.8 Å². The highest BCUT2D eigenvalue weighted by molar-refractivity contribution is 4.98. The van der Waals surface area contributed by atoms with Crippen molar-refractivity contribution in [3.8, 4) is 0 Å². The van der Waals surface area contributed by atoms with Gasteiger partial charge in [-0.2, -0.15) is 0 Å². The van der Waals surface area contributed by atoms with Crippen LogP contribution in [0, 0.1) is 5.92 Å². The topological polar surface area (TPSA) is 41.3 Å². The molecule has 2 unspecified atom stereocenters. The molecule has 2 rings (SSSR count). The molecule has 1 fully saturated rings. The molecule has 0 saturated carbocycles. The summed E-state index contributed by atoms with van der Waals surface area (Å²) in [6.07, 6.45) is 4.15. The zero-order valence-corrected chi connectivity index (χ0v) is 11.7. The minimum absolute atomic E-state index is 0.592. The summed E-state index contributed by atoms with van der Waals surface area (Å²) in [5, 5.41) is 7.71. The lowest BCUT2D eigenvalue weighted by molar-refractivity contribution is 0.0862. The molecule has 0 amide bonds. The fourth-order valence-electron chi connectivity index (χ4n) is 2.81. The molecular formula is C14H25N3O. The molecule has 1 aliphatic rings. The van der Waals surface area contributed by atoms with Gasteiger partial charge in [0.15, 0.2) is 0 Å². The average Bonchev–Trinajstić information content (AvgIpc) is 2.82. The van der Waals surface area contributed by atoms with Gasteiger partial charge < -0.3 is 9.84 Å². The summed E-state index contributed by atoms with van der Waals surface area (Å²) in [6.45, 7) is 9.94. The van der Waals surface area contributed by atoms with Gasteiger partial charge in [0.25, 0.3) is 0 Å². The van der Waals surface area contributed by atoms with Crippen molar-refractivity contribution in [3.05, 3.63) is 18.0 Å². The van der Waals surface area contributed by atoms with Crippen LogP contribution in [-0.4, -0.2) is 35.2 Å². The second kappa shape index (κ2) is 6.34. The monoisotopic (exact) mass is 251 g/mol. The van der Waals surface area contributed by atoms with E-state index >= 15 is 0 Å². The molecule has 1 saturated heterocycles. The van der Waals surface area contributed by atoms with Gasteiger partial charge in [-0.15, -0.1) is 0 Å². The summed E-state index contributed by atoms with van der Waals surface area (Å²) in [7, 11) is 0. The lowest BCUT2D eigenvalue weighted by Gasteiger charge is -2.42. The Labute approximate surface area is 110 Å². The van der Waals surface area contributed by atoms with Gasteiger partial charge in [-0.1, -0.05) is 32.3 Å². The van der Waals surface area contributed by atoms with E-state index in [1.54, 1.807) is 6.26 Å². The van der Waals surface area contributed by atoms with E-state index in [0.29, 0.717) is 18.0 Å². The van der Waals surface area contributed by atoms with E-state index in [1.807, 2.05) is 6.07 Å². The van der Waals surface area contributed by atoms with Crippen molar-refractivity contribution in [2.24, 2.45) is 5.92 Å². The summed E-state index contributed by atoms with van der Waals surface area (Å²) >= 11 is 0. The third-order valence-corrected chi connectivity index (χ3v) is 3.80. The summed E-state index contributed by atoms with van der Waals surface area (Å²) in [5.41, 5.74) is 1.04. The molecule has 0 bridgehead atoms. The Kier molecular flexibility index (Phi) is 4.78. The number of nitrogens with zero attached hydrogens (tertiary/aromatic N) is 2. The second-order valence-electron chi connectivity index (χ2n) is 5.63. The predicted molar refractivity (Wildman–Crippen MR) is 72.2 cm³/mol. The number of piperazine rings is 1. The minimum atomic E-state index is 0.592. The molecule has 4 nitrogen and oxygen atoms in total. The van der Waals surface area contributed by atoms with Gasteiger partial charge in [0.1, 0.15) is 6.26 Å². The van der Waals surface area contributed by atoms with Crippen molar-refractivity contribution < 1.29 is 4.52 Å². The van der Waals surface area contributed by atoms with Crippen LogP contribution in [-0.2, 0) is 6.54 Å². The van der Waals surface area contributed by atoms with Crippen LogP contribution in [0.5, 0.6) is 0 Å². The van der Waals surface area contributed by atoms with Crippen LogP contribution in [0.25, 0.3) is 0 Å². The molecule has 0 radical (unpaired) electrons. The van der Waals surface area contributed by atoms with Crippen molar-refractivity contribution in [1.29, 1.82) is 0 Å². The van der Waals surface area contributed by atoms with E-state index in [1.165, 1.54) is 12.8 Å². The van der Waals surface area contributed by atoms with E-state index in [4.69, 9.17) is 4.52 Å². The molecule has 1 aromatic rings. The van der Waals surface area contributed by atoms with Crippen molar-refractivity contribution in [2.45, 2.75) is 52.2 Å². The standard InChI is InChI=1S/C14H25N3O/c1-4-5-12-9-17(10-13-6-7-18-16-13)14(8-15-12)11(2)3/h6-7,11-12,14-15H,4-5,8-10H2,1-3H3. The molecule has 0 spiro atoms. The Hall–Kier alpha value is -0.870. The van der Waals surface area contributed by atoms with E-state index in [0.717, 1.165) is 25.3 Å². The normalized spacial score (nSPS) is 25.8. The van der Waals surface area contributed by atoms with Crippen LogP contribution >= 0.6 is 0 Å². The van der Waals surface area contributed by atoms with E-state index in [2.05, 4.69) is 36.1 Å². The number of hydrogen-bond acceptors (Lipinski definition) is 4. The molecule has 18 heavy (non-hydrogen) atoms. The fraction of sp³-hybridized carbons (Fsp3) is 0.786. The quantitative estimate of drug-likeness (QED) is 0.871. The smallest absolute Gasteiger partial charge is 0.124 e. The summed E-state index contributed by atoms with van der Waals surface area (Å²) in [6, 6.07) is 3.18. The van der Waals surface area contributed by atoms with Crippen LogP contribution in [0.4, 0.5) is 0 Å². The van der Waals surface area contributed by atoms with Crippen molar-refractivity contribution in [1.82, 2.24) is 15.4 Å². The van der Waals surface area contributed by atoms with Gasteiger partial charge in [-0.25, -0.2) is 0 Å². The second-order valence-corrected chi connectivity index (χ2v) is 5.63. The Morgan fingerprint density at radius 1 is 1.56 bits per heavy atom. The minimum Gasteiger partial charge on any atom is -0.364 e. The van der Waals surface area contributed by atoms with E-state index in [9.17, 15) is 0 Å². The van der Waals surface area contributed by atoms with Crippen molar-refractivity contribution in [3.63, 3.8) is 0 Å². The number of hydrogen-bond donors (Lipinski definition) is 1. The zero-order chi connectivity index (χ0) is 13.0. The summed E-state index contributed by atoms with van der Waals surface area (Å²) in [5.74, 6) is 0.659. The van der Waals surface area contributed by atoms with Crippen LogP contribution in [0.3, 0.4) is 0 Å². The van der Waals surface area contributed by atoms with Crippen LogP contribution in [0.2, 0.25) is 0 Å². The molecule has 2 atom stereocenters. The Bertz CT molecular complexity index is 337. The van der Waals surface area contributed by atoms with Gasteiger partial charge in [0.2, 0.25) is 0 Å². The number of rotatable bonds is 5. The first-order valence-corrected chi connectivity index (χ1v) is 7.07. The highest BCUT2D eigenvalue weighted by Gasteiger charge is 2.29. The molecule has 102 valence electrons. The maximum absolute atomic E-state index is 4.93. The highest BCUT2D eigenvalue weighted by atomic mass is 16.5. The molecule has 1 N–H and O–H groups in total. The SMILES string of the molecule is CCCC1CN(Cc2ccon2)C(C(C)C)CN1. The predicted octanol–water partition coefficient (Wildman–Crippen LogP) is 2.27. The van der Waals surface area contributed by atoms with Gasteiger partial charge in [-0.3, -0.25) is 4.90 Å². The summed E-state index contributed by atoms with van der Waals surface area (Å²) in [4.78, 5) is 2.55. The van der Waals surface area contributed by atoms with Crippen molar-refractivity contribution >= 4 is 0 Å². The lowest BCUT2D eigenvalue weighted by Crippen LogP contribution is -2.57. The molecule has 4 heteroatoms. The Morgan fingerprint density at radius 3 is 3.00 bits per heavy atom. The maximum Gasteiger partial charge on any atom is 0.124 e. The first kappa shape index (κ1) is 13.6. The van der Waals surface area contributed by atoms with Crippen LogP contribution in [0.1, 0.15) is 39.3 Å². The van der Waals surface area contributed by atoms with Gasteiger partial charge in [0.05, 0.1) is 5.69 Å². The maximum atomic E-state index is 4.93. The van der Waals surface area contributed by atoms with Gasteiger partial charge >= 0.3 is 0 Å². The number of nitrogens with one attached hydrogen (secondary N) is 1. The van der Waals surface area contributed by atoms with Gasteiger partial charge in [-0.05, 0) is 12.3 Å². The molecule has 0 aliphatic carbocycles. The van der Waals surface area contributed by atoms with E-state index < -0.39 is 0 Å². The van der Waals surface area contributed by atoms with E-state index in [-0.39, 0.29) is 0 Å². The first-order valence-electron chi connectivity index (χ1n) is 7.07. The third-order valence-electron chi connectivity index (χ3n) is 3.80.